The van der Waals surface area contributed by atoms with Crippen molar-refractivity contribution in [3.8, 4) is 0 Å². The van der Waals surface area contributed by atoms with Crippen LogP contribution >= 0.6 is 0 Å². The van der Waals surface area contributed by atoms with Gasteiger partial charge in [-0.3, -0.25) is 38.6 Å². The van der Waals surface area contributed by atoms with Gasteiger partial charge in [0.1, 0.15) is 36.0 Å². The molecule has 2 aromatic heterocycles. The maximum atomic E-state index is 14.7. The number of nitrogens with zero attached hydrogens (tertiary/aromatic N) is 2. The molecule has 7 amide bonds. The van der Waals surface area contributed by atoms with Gasteiger partial charge in [-0.05, 0) is 84.2 Å². The molecule has 3 heterocycles. The van der Waals surface area contributed by atoms with Gasteiger partial charge in [0, 0.05) is 80.7 Å². The molecular formula is C54H64FN13O7. The minimum atomic E-state index is -1.43. The molecule has 1 fully saturated rings. The molecule has 1 saturated heterocycles. The topological polar surface area (TPSA) is 313 Å². The smallest absolute Gasteiger partial charge is 0.243 e. The molecule has 1 aliphatic heterocycles. The van der Waals surface area contributed by atoms with E-state index in [0.29, 0.717) is 30.5 Å². The van der Waals surface area contributed by atoms with Crippen LogP contribution in [0.2, 0.25) is 0 Å². The molecule has 0 aliphatic carbocycles. The van der Waals surface area contributed by atoms with Gasteiger partial charge in [-0.1, -0.05) is 72.8 Å². The normalized spacial score (nSPS) is 19.9. The van der Waals surface area contributed by atoms with E-state index in [2.05, 4.69) is 57.2 Å². The second-order valence-corrected chi connectivity index (χ2v) is 18.5. The second kappa shape index (κ2) is 26.9. The number of H-pyrrole nitrogens is 2. The highest BCUT2D eigenvalue weighted by atomic mass is 19.1. The minimum Gasteiger partial charge on any atom is -0.370 e. The number of guanidine groups is 1. The number of nitrogens with two attached hydrogens (primary N) is 2. The summed E-state index contributed by atoms with van der Waals surface area (Å²) in [6.07, 6.45) is 5.53. The number of aromatic nitrogens is 3. The maximum absolute atomic E-state index is 14.7. The number of carbonyl (C=O) groups is 7. The van der Waals surface area contributed by atoms with Crippen molar-refractivity contribution in [3.05, 3.63) is 138 Å². The van der Waals surface area contributed by atoms with Crippen molar-refractivity contribution in [1.29, 1.82) is 0 Å². The van der Waals surface area contributed by atoms with Gasteiger partial charge in [-0.15, -0.1) is 0 Å². The predicted octanol–water partition coefficient (Wildman–Crippen LogP) is 2.13. The van der Waals surface area contributed by atoms with Crippen LogP contribution in [0, 0.1) is 5.82 Å². The first-order chi connectivity index (χ1) is 36.3. The number of benzene rings is 4. The van der Waals surface area contributed by atoms with Crippen molar-refractivity contribution in [2.24, 2.45) is 16.5 Å². The molecule has 20 nitrogen and oxygen atoms in total. The fourth-order valence-electron chi connectivity index (χ4n) is 8.95. The Morgan fingerprint density at radius 3 is 2.08 bits per heavy atom. The molecule has 75 heavy (non-hydrogen) atoms. The molecule has 4 aromatic carbocycles. The zero-order chi connectivity index (χ0) is 53.1. The summed E-state index contributed by atoms with van der Waals surface area (Å²) in [5.74, 6) is -5.20. The zero-order valence-corrected chi connectivity index (χ0v) is 41.5. The van der Waals surface area contributed by atoms with Crippen LogP contribution in [0.5, 0.6) is 0 Å². The SMILES string of the molecule is NC(N)=NCCC[C@@H]1NC(=O)[C@@H](Cc2ccc(F)cc2)NC(=O)[C@H](Cc2cnc[nH]2)NC(=O)[C@@H](NC(=O)CCc2cccc3ccccc23)CCC(=O)NCCCCNC(=O)[C@H](Cc2c[nH]c3ccccc23)NC1=O. The summed E-state index contributed by atoms with van der Waals surface area (Å²) in [7, 11) is 0. The van der Waals surface area contributed by atoms with Crippen LogP contribution in [0.15, 0.2) is 115 Å². The highest BCUT2D eigenvalue weighted by Crippen LogP contribution is 2.21. The first kappa shape index (κ1) is 54.2. The molecule has 0 bridgehead atoms. The molecule has 394 valence electrons. The van der Waals surface area contributed by atoms with E-state index in [9.17, 15) is 38.0 Å². The van der Waals surface area contributed by atoms with Crippen LogP contribution in [0.25, 0.3) is 21.7 Å². The maximum Gasteiger partial charge on any atom is 0.243 e. The lowest BCUT2D eigenvalue weighted by Crippen LogP contribution is -2.60. The van der Waals surface area contributed by atoms with E-state index in [1.807, 2.05) is 66.7 Å². The van der Waals surface area contributed by atoms with Gasteiger partial charge >= 0.3 is 0 Å². The highest BCUT2D eigenvalue weighted by molar-refractivity contribution is 5.97. The van der Waals surface area contributed by atoms with Crippen LogP contribution in [-0.4, -0.2) is 112 Å². The molecule has 1 aliphatic rings. The van der Waals surface area contributed by atoms with E-state index in [1.165, 1.54) is 36.8 Å². The fourth-order valence-corrected chi connectivity index (χ4v) is 8.95. The number of hydrogen-bond donors (Lipinski definition) is 11. The quantitative estimate of drug-likeness (QED) is 0.0429. The van der Waals surface area contributed by atoms with Crippen LogP contribution in [0.1, 0.15) is 67.3 Å². The Morgan fingerprint density at radius 2 is 1.33 bits per heavy atom. The largest absolute Gasteiger partial charge is 0.370 e. The number of amides is 7. The van der Waals surface area contributed by atoms with Crippen LogP contribution in [0.3, 0.4) is 0 Å². The summed E-state index contributed by atoms with van der Waals surface area (Å²) in [6.45, 7) is 0.536. The van der Waals surface area contributed by atoms with Gasteiger partial charge < -0.3 is 58.7 Å². The lowest BCUT2D eigenvalue weighted by Gasteiger charge is -2.27. The molecule has 0 unspecified atom stereocenters. The molecule has 13 N–H and O–H groups in total. The highest BCUT2D eigenvalue weighted by Gasteiger charge is 2.34. The summed E-state index contributed by atoms with van der Waals surface area (Å²) in [4.78, 5) is 113. The molecule has 6 aromatic rings. The minimum absolute atomic E-state index is 0.00767. The summed E-state index contributed by atoms with van der Waals surface area (Å²) in [5, 5.41) is 22.5. The first-order valence-electron chi connectivity index (χ1n) is 25.1. The lowest BCUT2D eigenvalue weighted by molar-refractivity contribution is -0.135. The Hall–Kier alpha value is -8.62. The number of fused-ring (bicyclic) bond motifs is 2. The molecule has 5 atom stereocenters. The Kier molecular flexibility index (Phi) is 19.4. The van der Waals surface area contributed by atoms with Crippen LogP contribution in [-0.2, 0) is 59.2 Å². The number of aromatic amines is 2. The van der Waals surface area contributed by atoms with Gasteiger partial charge in [0.25, 0.3) is 0 Å². The average molecular weight is 1030 g/mol. The third kappa shape index (κ3) is 16.2. The van der Waals surface area contributed by atoms with E-state index >= 15 is 0 Å². The number of para-hydroxylation sites is 1. The summed E-state index contributed by atoms with van der Waals surface area (Å²) in [5.41, 5.74) is 14.6. The van der Waals surface area contributed by atoms with Gasteiger partial charge in [0.05, 0.1) is 6.33 Å². The summed E-state index contributed by atoms with van der Waals surface area (Å²) < 4.78 is 14.2. The molecule has 0 saturated carbocycles. The van der Waals surface area contributed by atoms with Gasteiger partial charge in [-0.2, -0.15) is 0 Å². The number of aliphatic imine (C=N–C) groups is 1. The molecule has 0 spiro atoms. The van der Waals surface area contributed by atoms with E-state index in [-0.39, 0.29) is 77.0 Å². The van der Waals surface area contributed by atoms with Gasteiger partial charge in [-0.25, -0.2) is 9.37 Å². The van der Waals surface area contributed by atoms with E-state index in [4.69, 9.17) is 11.5 Å². The standard InChI is InChI=1S/C54H64FN13O7/c55-37-19-16-33(17-20-37)27-44-52(74)65-42(15-8-26-61-54(56)57)50(72)67-45(28-36-30-62-41-14-4-3-13-40(36)41)49(71)60-25-6-5-24-59-47(69)23-21-43(51(73)68-46(53(75)66-44)29-38-31-58-32-63-38)64-48(70)22-18-35-11-7-10-34-9-1-2-12-39(34)35/h1-4,7,9-14,16-17,19-20,30-32,42-46,62H,5-6,8,15,18,21-29H2,(H,58,63)(H,59,69)(H,60,71)(H,64,70)(H,65,74)(H,66,75)(H,67,72)(H,68,73)(H4,56,57,61)/t42-,43-,44+,45-,46-/m0/s1. The number of imidazole rings is 1. The van der Waals surface area contributed by atoms with Crippen molar-refractivity contribution in [2.75, 3.05) is 19.6 Å². The first-order valence-corrected chi connectivity index (χ1v) is 25.1. The van der Waals surface area contributed by atoms with Gasteiger partial charge in [0.2, 0.25) is 41.4 Å². The van der Waals surface area contributed by atoms with Crippen LogP contribution < -0.4 is 48.7 Å². The van der Waals surface area contributed by atoms with Crippen molar-refractivity contribution in [3.63, 3.8) is 0 Å². The Labute approximate surface area is 432 Å². The monoisotopic (exact) mass is 1030 g/mol. The Balaban J connectivity index is 1.18. The zero-order valence-electron chi connectivity index (χ0n) is 41.5. The second-order valence-electron chi connectivity index (χ2n) is 18.5. The van der Waals surface area contributed by atoms with Crippen molar-refractivity contribution >= 4 is 69.0 Å². The Morgan fingerprint density at radius 1 is 0.680 bits per heavy atom. The van der Waals surface area contributed by atoms with E-state index in [0.717, 1.165) is 32.8 Å². The number of carbonyl (C=O) groups excluding carboxylic acids is 7. The van der Waals surface area contributed by atoms with Gasteiger partial charge in [0.15, 0.2) is 5.96 Å². The Bertz CT molecular complexity index is 2950. The number of halogens is 1. The molecule has 7 rings (SSSR count). The molecular weight excluding hydrogens is 962 g/mol. The fraction of sp³-hybridized carbons (Fsp3) is 0.352. The third-order valence-electron chi connectivity index (χ3n) is 12.9. The third-order valence-corrected chi connectivity index (χ3v) is 12.9. The number of nitrogens with one attached hydrogen (secondary N) is 9. The van der Waals surface area contributed by atoms with Crippen molar-refractivity contribution in [2.45, 2.75) is 101 Å². The lowest BCUT2D eigenvalue weighted by atomic mass is 10.0. The van der Waals surface area contributed by atoms with Crippen molar-refractivity contribution < 1.29 is 38.0 Å². The number of hydrogen-bond acceptors (Lipinski definition) is 9. The average Bonchev–Trinajstić information content (AvgIpc) is 4.08. The van der Waals surface area contributed by atoms with Crippen molar-refractivity contribution in [1.82, 2.24) is 52.2 Å². The predicted molar refractivity (Wildman–Crippen MR) is 281 cm³/mol. The van der Waals surface area contributed by atoms with Crippen LogP contribution in [0.4, 0.5) is 4.39 Å². The summed E-state index contributed by atoms with van der Waals surface area (Å²) >= 11 is 0. The molecule has 21 heteroatoms. The number of rotatable bonds is 14. The summed E-state index contributed by atoms with van der Waals surface area (Å²) in [6, 6.07) is 19.9. The van der Waals surface area contributed by atoms with E-state index in [1.54, 1.807) is 6.20 Å². The molecule has 0 radical (unpaired) electrons. The number of aryl methyl sites for hydroxylation is 1. The van der Waals surface area contributed by atoms with E-state index < -0.39 is 77.4 Å².